The molecule has 1 saturated heterocycles. The van der Waals surface area contributed by atoms with Crippen molar-refractivity contribution in [2.75, 3.05) is 11.4 Å². The molecule has 1 aliphatic rings. The van der Waals surface area contributed by atoms with Gasteiger partial charge >= 0.3 is 0 Å². The van der Waals surface area contributed by atoms with Crippen LogP contribution < -0.4 is 4.90 Å². The average molecular weight is 408 g/mol. The van der Waals surface area contributed by atoms with Gasteiger partial charge in [-0.15, -0.1) is 0 Å². The number of nitrogens with zero attached hydrogens (tertiary/aromatic N) is 1. The predicted octanol–water partition coefficient (Wildman–Crippen LogP) is 5.33. The maximum Gasteiger partial charge on any atom is 0.227 e. The molecule has 1 heterocycles. The number of hydrogen-bond acceptors (Lipinski definition) is 1. The van der Waals surface area contributed by atoms with Crippen LogP contribution in [-0.4, -0.2) is 12.5 Å². The number of hydrogen-bond donors (Lipinski definition) is 0. The second kappa shape index (κ2) is 7.24. The zero-order valence-electron chi connectivity index (χ0n) is 14.3. The monoisotopic (exact) mass is 407 g/mol. The lowest BCUT2D eigenvalue weighted by Crippen LogP contribution is -2.41. The Morgan fingerprint density at radius 1 is 1.16 bits per heavy atom. The van der Waals surface area contributed by atoms with Crippen molar-refractivity contribution in [2.24, 2.45) is 5.92 Å². The van der Waals surface area contributed by atoms with Crippen molar-refractivity contribution in [3.05, 3.63) is 63.1 Å². The smallest absolute Gasteiger partial charge is 0.227 e. The van der Waals surface area contributed by atoms with Crippen LogP contribution in [0.25, 0.3) is 0 Å². The van der Waals surface area contributed by atoms with Gasteiger partial charge in [-0.1, -0.05) is 22.0 Å². The van der Waals surface area contributed by atoms with Gasteiger partial charge in [-0.25, -0.2) is 8.78 Å². The quantitative estimate of drug-likeness (QED) is 0.673. The average Bonchev–Trinajstić information content (AvgIpc) is 2.52. The Morgan fingerprint density at radius 3 is 2.48 bits per heavy atom. The Bertz CT molecular complexity index is 798. The minimum Gasteiger partial charge on any atom is -0.312 e. The Hall–Kier alpha value is -1.75. The Balaban J connectivity index is 1.84. The van der Waals surface area contributed by atoms with Gasteiger partial charge in [0.25, 0.3) is 0 Å². The molecule has 2 aromatic carbocycles. The summed E-state index contributed by atoms with van der Waals surface area (Å²) in [5, 5.41) is 0. The van der Waals surface area contributed by atoms with Crippen LogP contribution in [0, 0.1) is 31.4 Å². The third-order valence-corrected chi connectivity index (χ3v) is 5.22. The summed E-state index contributed by atoms with van der Waals surface area (Å²) in [5.74, 6) is -0.827. The standard InChI is InChI=1S/C20H20BrF2NO/c1-12-7-16(21)8-13(2)20(12)24-11-14(3-6-19(24)25)9-15-4-5-17(22)10-18(15)23/h4-5,7-8,10,14H,3,6,9,11H2,1-2H3. The molecule has 1 aliphatic heterocycles. The number of amides is 1. The summed E-state index contributed by atoms with van der Waals surface area (Å²) in [6.45, 7) is 4.53. The van der Waals surface area contributed by atoms with Gasteiger partial charge in [-0.3, -0.25) is 4.79 Å². The fourth-order valence-electron chi connectivity index (χ4n) is 3.62. The molecule has 1 unspecified atom stereocenters. The van der Waals surface area contributed by atoms with Crippen molar-refractivity contribution in [3.8, 4) is 0 Å². The first-order chi connectivity index (χ1) is 11.8. The highest BCUT2D eigenvalue weighted by atomic mass is 79.9. The van der Waals surface area contributed by atoms with E-state index in [2.05, 4.69) is 15.9 Å². The lowest BCUT2D eigenvalue weighted by atomic mass is 9.89. The molecule has 0 saturated carbocycles. The minimum absolute atomic E-state index is 0.101. The molecular formula is C20H20BrF2NO. The molecule has 0 radical (unpaired) electrons. The highest BCUT2D eigenvalue weighted by Crippen LogP contribution is 2.33. The lowest BCUT2D eigenvalue weighted by Gasteiger charge is -2.34. The van der Waals surface area contributed by atoms with Gasteiger partial charge in [0.05, 0.1) is 0 Å². The van der Waals surface area contributed by atoms with E-state index in [9.17, 15) is 13.6 Å². The molecule has 0 bridgehead atoms. The van der Waals surface area contributed by atoms with Gasteiger partial charge in [0, 0.05) is 29.2 Å². The van der Waals surface area contributed by atoms with E-state index in [1.807, 2.05) is 30.9 Å². The van der Waals surface area contributed by atoms with E-state index in [0.717, 1.165) is 33.8 Å². The van der Waals surface area contributed by atoms with E-state index in [1.165, 1.54) is 12.1 Å². The van der Waals surface area contributed by atoms with Crippen LogP contribution in [0.15, 0.2) is 34.8 Å². The molecule has 1 amide bonds. The zero-order valence-corrected chi connectivity index (χ0v) is 15.9. The third kappa shape index (κ3) is 3.92. The van der Waals surface area contributed by atoms with Gasteiger partial charge in [-0.2, -0.15) is 0 Å². The van der Waals surface area contributed by atoms with Crippen molar-refractivity contribution in [2.45, 2.75) is 33.1 Å². The minimum atomic E-state index is -0.567. The summed E-state index contributed by atoms with van der Waals surface area (Å²) in [7, 11) is 0. The van der Waals surface area contributed by atoms with Crippen molar-refractivity contribution in [1.29, 1.82) is 0 Å². The fraction of sp³-hybridized carbons (Fsp3) is 0.350. The number of carbonyl (C=O) groups is 1. The molecular weight excluding hydrogens is 388 g/mol. The Morgan fingerprint density at radius 2 is 1.84 bits per heavy atom. The zero-order chi connectivity index (χ0) is 18.1. The van der Waals surface area contributed by atoms with Crippen molar-refractivity contribution in [1.82, 2.24) is 0 Å². The Labute approximate surface area is 155 Å². The van der Waals surface area contributed by atoms with Gasteiger partial charge < -0.3 is 4.90 Å². The maximum absolute atomic E-state index is 13.9. The molecule has 1 atom stereocenters. The number of halogens is 3. The van der Waals surface area contributed by atoms with Crippen molar-refractivity contribution < 1.29 is 13.6 Å². The molecule has 0 aliphatic carbocycles. The molecule has 2 nitrogen and oxygen atoms in total. The first-order valence-electron chi connectivity index (χ1n) is 8.36. The summed E-state index contributed by atoms with van der Waals surface area (Å²) in [6, 6.07) is 7.70. The number of rotatable bonds is 3. The number of benzene rings is 2. The first-order valence-corrected chi connectivity index (χ1v) is 9.15. The molecule has 3 rings (SSSR count). The van der Waals surface area contributed by atoms with E-state index in [0.29, 0.717) is 24.9 Å². The van der Waals surface area contributed by atoms with Crippen LogP contribution in [0.1, 0.15) is 29.5 Å². The van der Waals surface area contributed by atoms with E-state index >= 15 is 0 Å². The number of piperidine rings is 1. The molecule has 0 N–H and O–H groups in total. The molecule has 5 heteroatoms. The molecule has 25 heavy (non-hydrogen) atoms. The van der Waals surface area contributed by atoms with Crippen LogP contribution in [-0.2, 0) is 11.2 Å². The summed E-state index contributed by atoms with van der Waals surface area (Å²) in [6.07, 6.45) is 1.67. The SMILES string of the molecule is Cc1cc(Br)cc(C)c1N1CC(Cc2ccc(F)cc2F)CCC1=O. The van der Waals surface area contributed by atoms with Crippen LogP contribution in [0.3, 0.4) is 0 Å². The van der Waals surface area contributed by atoms with E-state index < -0.39 is 11.6 Å². The van der Waals surface area contributed by atoms with Crippen LogP contribution in [0.5, 0.6) is 0 Å². The van der Waals surface area contributed by atoms with E-state index in [-0.39, 0.29) is 11.8 Å². The predicted molar refractivity (Wildman–Crippen MR) is 98.8 cm³/mol. The van der Waals surface area contributed by atoms with E-state index in [4.69, 9.17) is 0 Å². The molecule has 1 fully saturated rings. The molecule has 0 spiro atoms. The van der Waals surface area contributed by atoms with Crippen molar-refractivity contribution >= 4 is 27.5 Å². The van der Waals surface area contributed by atoms with E-state index in [1.54, 1.807) is 0 Å². The van der Waals surface area contributed by atoms with Gasteiger partial charge in [0.15, 0.2) is 0 Å². The second-order valence-corrected chi connectivity index (χ2v) is 7.65. The topological polar surface area (TPSA) is 20.3 Å². The lowest BCUT2D eigenvalue weighted by molar-refractivity contribution is -0.120. The number of anilines is 1. The Kier molecular flexibility index (Phi) is 5.23. The number of aryl methyl sites for hydroxylation is 2. The van der Waals surface area contributed by atoms with Crippen LogP contribution in [0.2, 0.25) is 0 Å². The van der Waals surface area contributed by atoms with Crippen LogP contribution in [0.4, 0.5) is 14.5 Å². The number of carbonyl (C=O) groups excluding carboxylic acids is 1. The van der Waals surface area contributed by atoms with Crippen molar-refractivity contribution in [3.63, 3.8) is 0 Å². The molecule has 0 aromatic heterocycles. The van der Waals surface area contributed by atoms with Gasteiger partial charge in [0.1, 0.15) is 11.6 Å². The first kappa shape index (κ1) is 18.1. The summed E-state index contributed by atoms with van der Waals surface area (Å²) >= 11 is 3.48. The van der Waals surface area contributed by atoms with Gasteiger partial charge in [-0.05, 0) is 67.5 Å². The normalized spacial score (nSPS) is 17.9. The van der Waals surface area contributed by atoms with Gasteiger partial charge in [0.2, 0.25) is 5.91 Å². The summed E-state index contributed by atoms with van der Waals surface area (Å²) in [4.78, 5) is 14.3. The summed E-state index contributed by atoms with van der Waals surface area (Å²) in [5.41, 5.74) is 3.52. The largest absolute Gasteiger partial charge is 0.312 e. The highest BCUT2D eigenvalue weighted by Gasteiger charge is 2.29. The molecule has 132 valence electrons. The van der Waals surface area contributed by atoms with Crippen LogP contribution >= 0.6 is 15.9 Å². The highest BCUT2D eigenvalue weighted by molar-refractivity contribution is 9.10. The molecule has 2 aromatic rings. The maximum atomic E-state index is 13.9. The summed E-state index contributed by atoms with van der Waals surface area (Å²) < 4.78 is 28.0. The second-order valence-electron chi connectivity index (χ2n) is 6.74. The fourth-order valence-corrected chi connectivity index (χ4v) is 4.31. The third-order valence-electron chi connectivity index (χ3n) is 4.76.